The zero-order chi connectivity index (χ0) is 16.4. The van der Waals surface area contributed by atoms with Crippen LogP contribution in [0.5, 0.6) is 0 Å². The van der Waals surface area contributed by atoms with Gasteiger partial charge >= 0.3 is 0 Å². The Kier molecular flexibility index (Phi) is 4.08. The van der Waals surface area contributed by atoms with E-state index in [-0.39, 0.29) is 10.9 Å². The van der Waals surface area contributed by atoms with E-state index < -0.39 is 9.84 Å². The number of hydrogen-bond acceptors (Lipinski definition) is 6. The van der Waals surface area contributed by atoms with Gasteiger partial charge in [0.1, 0.15) is 5.52 Å². The normalized spacial score (nSPS) is 11.9. The largest absolute Gasteiger partial charge is 0.330 e. The van der Waals surface area contributed by atoms with Gasteiger partial charge in [0.15, 0.2) is 0 Å². The maximum absolute atomic E-state index is 12.2. The number of sulfone groups is 1. The smallest absolute Gasteiger partial charge is 0.246 e. The molecule has 0 aliphatic heterocycles. The van der Waals surface area contributed by atoms with Gasteiger partial charge in [-0.15, -0.1) is 0 Å². The second-order valence-electron chi connectivity index (χ2n) is 5.34. The lowest BCUT2D eigenvalue weighted by Gasteiger charge is -2.08. The lowest BCUT2D eigenvalue weighted by molar-refractivity contribution is 0.578. The molecule has 0 fully saturated rings. The van der Waals surface area contributed by atoms with E-state index in [9.17, 15) is 8.42 Å². The number of aryl methyl sites for hydroxylation is 3. The van der Waals surface area contributed by atoms with Crippen LogP contribution in [-0.2, 0) is 16.4 Å². The van der Waals surface area contributed by atoms with Crippen molar-refractivity contribution >= 4 is 20.9 Å². The summed E-state index contributed by atoms with van der Waals surface area (Å²) in [6.07, 6.45) is 6.80. The maximum atomic E-state index is 12.2. The van der Waals surface area contributed by atoms with Gasteiger partial charge in [-0.3, -0.25) is 4.98 Å². The fourth-order valence-electron chi connectivity index (χ4n) is 2.46. The first-order valence-corrected chi connectivity index (χ1v) is 8.91. The number of fused-ring (bicyclic) bond motifs is 1. The fourth-order valence-corrected chi connectivity index (χ4v) is 3.59. The Hall–Kier alpha value is -2.35. The predicted molar refractivity (Wildman–Crippen MR) is 85.7 cm³/mol. The molecule has 0 saturated heterocycles. The highest BCUT2D eigenvalue weighted by molar-refractivity contribution is 7.91. The van der Waals surface area contributed by atoms with Gasteiger partial charge in [-0.05, 0) is 31.9 Å². The minimum absolute atomic E-state index is 0.000198. The number of imidazole rings is 1. The molecule has 120 valence electrons. The maximum Gasteiger partial charge on any atom is 0.246 e. The lowest BCUT2D eigenvalue weighted by Crippen LogP contribution is -2.12. The molecule has 3 heterocycles. The molecule has 23 heavy (non-hydrogen) atoms. The molecular weight excluding hydrogens is 314 g/mol. The van der Waals surface area contributed by atoms with Gasteiger partial charge in [0, 0.05) is 24.6 Å². The molecule has 0 aliphatic rings. The lowest BCUT2D eigenvalue weighted by atomic mass is 10.2. The van der Waals surface area contributed by atoms with Gasteiger partial charge in [-0.25, -0.2) is 23.4 Å². The summed E-state index contributed by atoms with van der Waals surface area (Å²) in [5.74, 6) is -0.000198. The Morgan fingerprint density at radius 3 is 2.57 bits per heavy atom. The van der Waals surface area contributed by atoms with Gasteiger partial charge in [0.2, 0.25) is 15.0 Å². The van der Waals surface area contributed by atoms with Crippen molar-refractivity contribution in [2.24, 2.45) is 0 Å². The second kappa shape index (κ2) is 6.04. The van der Waals surface area contributed by atoms with Crippen LogP contribution in [0.15, 0.2) is 36.1 Å². The predicted octanol–water partition coefficient (Wildman–Crippen LogP) is 1.70. The van der Waals surface area contributed by atoms with Crippen LogP contribution >= 0.6 is 0 Å². The monoisotopic (exact) mass is 331 g/mol. The van der Waals surface area contributed by atoms with E-state index in [1.165, 1.54) is 12.4 Å². The molecule has 0 N–H and O–H groups in total. The Morgan fingerprint density at radius 2 is 1.83 bits per heavy atom. The summed E-state index contributed by atoms with van der Waals surface area (Å²) >= 11 is 0. The highest BCUT2D eigenvalue weighted by Crippen LogP contribution is 2.19. The van der Waals surface area contributed by atoms with Crippen LogP contribution in [0.1, 0.15) is 17.7 Å². The number of pyridine rings is 1. The van der Waals surface area contributed by atoms with E-state index in [1.54, 1.807) is 18.6 Å². The summed E-state index contributed by atoms with van der Waals surface area (Å²) in [5, 5.41) is -0.119. The van der Waals surface area contributed by atoms with E-state index in [4.69, 9.17) is 0 Å². The van der Waals surface area contributed by atoms with Crippen LogP contribution in [0.25, 0.3) is 11.0 Å². The summed E-state index contributed by atoms with van der Waals surface area (Å²) < 4.78 is 26.3. The minimum atomic E-state index is -3.45. The SMILES string of the molecule is Cc1ncc2ncn(CCCS(=O)(=O)c3ncccn3)c2c1C. The first-order chi connectivity index (χ1) is 11.0. The number of hydrogen-bond donors (Lipinski definition) is 0. The molecule has 0 saturated carbocycles. The van der Waals surface area contributed by atoms with Crippen LogP contribution in [-0.4, -0.2) is 38.7 Å². The zero-order valence-corrected chi connectivity index (χ0v) is 13.8. The molecule has 0 radical (unpaired) electrons. The van der Waals surface area contributed by atoms with Crippen molar-refractivity contribution in [2.75, 3.05) is 5.75 Å². The second-order valence-corrected chi connectivity index (χ2v) is 7.35. The third-order valence-corrected chi connectivity index (χ3v) is 5.37. The van der Waals surface area contributed by atoms with Gasteiger partial charge in [-0.1, -0.05) is 0 Å². The van der Waals surface area contributed by atoms with Crippen molar-refractivity contribution < 1.29 is 8.42 Å². The first-order valence-electron chi connectivity index (χ1n) is 7.26. The van der Waals surface area contributed by atoms with Crippen LogP contribution in [0, 0.1) is 13.8 Å². The number of rotatable bonds is 5. The molecule has 0 aliphatic carbocycles. The molecule has 3 aromatic heterocycles. The molecule has 0 spiro atoms. The molecule has 0 bridgehead atoms. The highest BCUT2D eigenvalue weighted by atomic mass is 32.2. The van der Waals surface area contributed by atoms with Crippen molar-refractivity contribution in [2.45, 2.75) is 32.0 Å². The third kappa shape index (κ3) is 3.07. The van der Waals surface area contributed by atoms with E-state index in [2.05, 4.69) is 19.9 Å². The molecular formula is C15H17N5O2S. The average Bonchev–Trinajstić information content (AvgIpc) is 2.95. The number of aromatic nitrogens is 5. The van der Waals surface area contributed by atoms with Gasteiger partial charge in [0.05, 0.1) is 23.8 Å². The minimum Gasteiger partial charge on any atom is -0.330 e. The summed E-state index contributed by atoms with van der Waals surface area (Å²) in [6, 6.07) is 1.59. The van der Waals surface area contributed by atoms with E-state index in [0.29, 0.717) is 13.0 Å². The van der Waals surface area contributed by atoms with Crippen LogP contribution in [0.4, 0.5) is 0 Å². The van der Waals surface area contributed by atoms with Crippen molar-refractivity contribution in [3.8, 4) is 0 Å². The van der Waals surface area contributed by atoms with E-state index >= 15 is 0 Å². The van der Waals surface area contributed by atoms with E-state index in [0.717, 1.165) is 22.3 Å². The highest BCUT2D eigenvalue weighted by Gasteiger charge is 2.17. The standard InChI is InChI=1S/C15H17N5O2S/c1-11-12(2)18-9-13-14(11)20(10-19-13)7-4-8-23(21,22)15-16-5-3-6-17-15/h3,5-6,9-10H,4,7-8H2,1-2H3. The molecule has 7 nitrogen and oxygen atoms in total. The van der Waals surface area contributed by atoms with E-state index in [1.807, 2.05) is 18.4 Å². The molecule has 0 unspecified atom stereocenters. The van der Waals surface area contributed by atoms with Gasteiger partial charge in [-0.2, -0.15) is 0 Å². The topological polar surface area (TPSA) is 90.6 Å². The Balaban J connectivity index is 1.76. The number of nitrogens with zero attached hydrogens (tertiary/aromatic N) is 5. The van der Waals surface area contributed by atoms with Crippen LogP contribution < -0.4 is 0 Å². The van der Waals surface area contributed by atoms with Gasteiger partial charge in [0.25, 0.3) is 0 Å². The molecule has 0 atom stereocenters. The first kappa shape index (κ1) is 15.5. The fraction of sp³-hybridized carbons (Fsp3) is 0.333. The molecule has 3 aromatic rings. The van der Waals surface area contributed by atoms with Crippen molar-refractivity contribution in [1.29, 1.82) is 0 Å². The summed E-state index contributed by atoms with van der Waals surface area (Å²) in [6.45, 7) is 4.51. The van der Waals surface area contributed by atoms with Crippen molar-refractivity contribution in [3.05, 3.63) is 42.2 Å². The quantitative estimate of drug-likeness (QED) is 0.661. The molecule has 0 aromatic carbocycles. The van der Waals surface area contributed by atoms with Crippen molar-refractivity contribution in [3.63, 3.8) is 0 Å². The summed E-state index contributed by atoms with van der Waals surface area (Å²) in [7, 11) is -3.45. The molecule has 8 heteroatoms. The zero-order valence-electron chi connectivity index (χ0n) is 13.0. The average molecular weight is 331 g/mol. The van der Waals surface area contributed by atoms with Crippen molar-refractivity contribution in [1.82, 2.24) is 24.5 Å². The van der Waals surface area contributed by atoms with Crippen LogP contribution in [0.3, 0.4) is 0 Å². The molecule has 3 rings (SSSR count). The Bertz CT molecular complexity index is 935. The van der Waals surface area contributed by atoms with Gasteiger partial charge < -0.3 is 4.57 Å². The summed E-state index contributed by atoms with van der Waals surface area (Å²) in [5.41, 5.74) is 3.84. The third-order valence-electron chi connectivity index (χ3n) is 3.78. The summed E-state index contributed by atoms with van der Waals surface area (Å²) in [4.78, 5) is 16.2. The Morgan fingerprint density at radius 1 is 1.09 bits per heavy atom. The van der Waals surface area contributed by atoms with Crippen LogP contribution in [0.2, 0.25) is 0 Å². The molecule has 0 amide bonds. The Labute approximate surface area is 134 Å².